The molecular formula is C15H16N6S. The molecule has 0 aliphatic carbocycles. The van der Waals surface area contributed by atoms with Crippen LogP contribution in [0.2, 0.25) is 0 Å². The Morgan fingerprint density at radius 3 is 2.91 bits per heavy atom. The van der Waals surface area contributed by atoms with Gasteiger partial charge >= 0.3 is 0 Å². The van der Waals surface area contributed by atoms with E-state index in [1.165, 1.54) is 11.3 Å². The van der Waals surface area contributed by atoms with Crippen molar-refractivity contribution in [3.05, 3.63) is 53.3 Å². The number of H-pyrrole nitrogens is 1. The Hall–Kier alpha value is -2.67. The van der Waals surface area contributed by atoms with Crippen LogP contribution in [-0.2, 0) is 6.54 Å². The first-order valence-electron chi connectivity index (χ1n) is 6.79. The lowest BCUT2D eigenvalue weighted by molar-refractivity contribution is 1.06. The number of benzene rings is 1. The van der Waals surface area contributed by atoms with Gasteiger partial charge in [-0.1, -0.05) is 30.3 Å². The van der Waals surface area contributed by atoms with Gasteiger partial charge < -0.3 is 16.0 Å². The van der Waals surface area contributed by atoms with Crippen LogP contribution in [0.3, 0.4) is 0 Å². The number of rotatable bonds is 4. The summed E-state index contributed by atoms with van der Waals surface area (Å²) >= 11 is 1.47. The Bertz CT molecular complexity index is 774. The van der Waals surface area contributed by atoms with Crippen molar-refractivity contribution in [1.29, 1.82) is 0 Å². The summed E-state index contributed by atoms with van der Waals surface area (Å²) in [5.41, 5.74) is 8.73. The molecule has 2 heterocycles. The SMILES string of the molecule is Cc1ncc(-c2csc(NC(N)=NCc3ccccc3)n2)[nH]1. The number of hydrogen-bond donors (Lipinski definition) is 3. The summed E-state index contributed by atoms with van der Waals surface area (Å²) in [6.45, 7) is 2.45. The molecule has 0 atom stereocenters. The minimum Gasteiger partial charge on any atom is -0.370 e. The second-order valence-corrected chi connectivity index (χ2v) is 5.59. The standard InChI is InChI=1S/C15H16N6S/c1-10-17-8-12(19-10)13-9-22-15(20-13)21-14(16)18-7-11-5-3-2-4-6-11/h2-6,8-9H,7H2,1H3,(H,17,19)(H3,16,18,20,21). The molecule has 0 unspecified atom stereocenters. The third-order valence-electron chi connectivity index (χ3n) is 2.99. The number of thiazole rings is 1. The highest BCUT2D eigenvalue weighted by molar-refractivity contribution is 7.14. The molecule has 0 fully saturated rings. The van der Waals surface area contributed by atoms with Crippen LogP contribution in [0.25, 0.3) is 11.4 Å². The van der Waals surface area contributed by atoms with Crippen LogP contribution in [0.1, 0.15) is 11.4 Å². The molecule has 0 radical (unpaired) electrons. The van der Waals surface area contributed by atoms with Gasteiger partial charge in [-0.15, -0.1) is 11.3 Å². The van der Waals surface area contributed by atoms with E-state index in [2.05, 4.69) is 25.3 Å². The molecular weight excluding hydrogens is 296 g/mol. The third-order valence-corrected chi connectivity index (χ3v) is 3.75. The van der Waals surface area contributed by atoms with E-state index in [1.54, 1.807) is 6.20 Å². The van der Waals surface area contributed by atoms with Crippen molar-refractivity contribution in [2.75, 3.05) is 5.32 Å². The number of guanidine groups is 1. The van der Waals surface area contributed by atoms with Crippen LogP contribution >= 0.6 is 11.3 Å². The second kappa shape index (κ2) is 6.40. The molecule has 6 nitrogen and oxygen atoms in total. The zero-order valence-corrected chi connectivity index (χ0v) is 12.9. The largest absolute Gasteiger partial charge is 0.370 e. The van der Waals surface area contributed by atoms with Crippen LogP contribution < -0.4 is 11.1 Å². The zero-order valence-electron chi connectivity index (χ0n) is 12.1. The topological polar surface area (TPSA) is 92.0 Å². The van der Waals surface area contributed by atoms with E-state index in [1.807, 2.05) is 42.6 Å². The molecule has 22 heavy (non-hydrogen) atoms. The molecule has 112 valence electrons. The number of aryl methyl sites for hydroxylation is 1. The highest BCUT2D eigenvalue weighted by atomic mass is 32.1. The summed E-state index contributed by atoms with van der Waals surface area (Å²) < 4.78 is 0. The Morgan fingerprint density at radius 2 is 2.18 bits per heavy atom. The molecule has 3 rings (SSSR count). The van der Waals surface area contributed by atoms with E-state index in [-0.39, 0.29) is 0 Å². The van der Waals surface area contributed by atoms with Gasteiger partial charge in [0.2, 0.25) is 0 Å². The lowest BCUT2D eigenvalue weighted by Crippen LogP contribution is -2.22. The number of hydrogen-bond acceptors (Lipinski definition) is 4. The number of aliphatic imine (C=N–C) groups is 1. The molecule has 1 aromatic carbocycles. The molecule has 0 saturated carbocycles. The third kappa shape index (κ3) is 3.50. The molecule has 2 aromatic heterocycles. The molecule has 4 N–H and O–H groups in total. The normalized spacial score (nSPS) is 11.6. The first-order chi connectivity index (χ1) is 10.7. The van der Waals surface area contributed by atoms with Crippen LogP contribution in [-0.4, -0.2) is 20.9 Å². The van der Waals surface area contributed by atoms with Crippen molar-refractivity contribution in [3.63, 3.8) is 0 Å². The van der Waals surface area contributed by atoms with Gasteiger partial charge in [0.15, 0.2) is 11.1 Å². The van der Waals surface area contributed by atoms with Gasteiger partial charge in [0, 0.05) is 5.38 Å². The second-order valence-electron chi connectivity index (χ2n) is 4.73. The number of nitrogens with one attached hydrogen (secondary N) is 2. The summed E-state index contributed by atoms with van der Waals surface area (Å²) in [5.74, 6) is 1.21. The molecule has 0 bridgehead atoms. The maximum absolute atomic E-state index is 5.89. The average Bonchev–Trinajstić information content (AvgIpc) is 3.15. The highest BCUT2D eigenvalue weighted by Crippen LogP contribution is 2.23. The summed E-state index contributed by atoms with van der Waals surface area (Å²) in [6, 6.07) is 9.96. The van der Waals surface area contributed by atoms with Crippen LogP contribution in [0.4, 0.5) is 5.13 Å². The van der Waals surface area contributed by atoms with E-state index in [4.69, 9.17) is 5.73 Å². The van der Waals surface area contributed by atoms with E-state index in [0.717, 1.165) is 22.8 Å². The number of aromatic nitrogens is 3. The molecule has 7 heteroatoms. The molecule has 0 amide bonds. The van der Waals surface area contributed by atoms with E-state index >= 15 is 0 Å². The number of aromatic amines is 1. The van der Waals surface area contributed by atoms with E-state index in [0.29, 0.717) is 17.6 Å². The fourth-order valence-corrected chi connectivity index (χ4v) is 2.63. The minimum absolute atomic E-state index is 0.352. The monoisotopic (exact) mass is 312 g/mol. The Balaban J connectivity index is 1.64. The van der Waals surface area contributed by atoms with Gasteiger partial charge in [-0.2, -0.15) is 0 Å². The Morgan fingerprint density at radius 1 is 1.36 bits per heavy atom. The van der Waals surface area contributed by atoms with E-state index < -0.39 is 0 Å². The average molecular weight is 312 g/mol. The van der Waals surface area contributed by atoms with Gasteiger partial charge in [0.05, 0.1) is 18.4 Å². The van der Waals surface area contributed by atoms with Gasteiger partial charge in [-0.3, -0.25) is 0 Å². The highest BCUT2D eigenvalue weighted by Gasteiger charge is 2.07. The van der Waals surface area contributed by atoms with Crippen molar-refractivity contribution < 1.29 is 0 Å². The van der Waals surface area contributed by atoms with Crippen LogP contribution in [0.5, 0.6) is 0 Å². The molecule has 0 aliphatic rings. The smallest absolute Gasteiger partial charge is 0.195 e. The number of nitrogens with zero attached hydrogens (tertiary/aromatic N) is 3. The Kier molecular flexibility index (Phi) is 4.15. The Labute approximate surface area is 132 Å². The van der Waals surface area contributed by atoms with Crippen molar-refractivity contribution in [1.82, 2.24) is 15.0 Å². The number of imidazole rings is 1. The van der Waals surface area contributed by atoms with Gasteiger partial charge in [-0.05, 0) is 12.5 Å². The quantitative estimate of drug-likeness (QED) is 0.510. The van der Waals surface area contributed by atoms with Gasteiger partial charge in [-0.25, -0.2) is 15.0 Å². The van der Waals surface area contributed by atoms with Crippen LogP contribution in [0, 0.1) is 6.92 Å². The lowest BCUT2D eigenvalue weighted by Gasteiger charge is -2.01. The van der Waals surface area contributed by atoms with Crippen molar-refractivity contribution in [2.24, 2.45) is 10.7 Å². The fraction of sp³-hybridized carbons (Fsp3) is 0.133. The molecule has 3 aromatic rings. The maximum Gasteiger partial charge on any atom is 0.195 e. The molecule has 0 aliphatic heterocycles. The summed E-state index contributed by atoms with van der Waals surface area (Å²) in [5, 5.41) is 5.66. The summed E-state index contributed by atoms with van der Waals surface area (Å²) in [7, 11) is 0. The molecule has 0 spiro atoms. The van der Waals surface area contributed by atoms with E-state index in [9.17, 15) is 0 Å². The first kappa shape index (κ1) is 14.3. The van der Waals surface area contributed by atoms with Crippen molar-refractivity contribution in [2.45, 2.75) is 13.5 Å². The summed E-state index contributed by atoms with van der Waals surface area (Å²) in [6.07, 6.45) is 1.76. The lowest BCUT2D eigenvalue weighted by atomic mass is 10.2. The first-order valence-corrected chi connectivity index (χ1v) is 7.67. The van der Waals surface area contributed by atoms with Gasteiger partial charge in [0.1, 0.15) is 11.5 Å². The summed E-state index contributed by atoms with van der Waals surface area (Å²) in [4.78, 5) is 16.1. The minimum atomic E-state index is 0.352. The number of nitrogens with two attached hydrogens (primary N) is 1. The zero-order chi connectivity index (χ0) is 15.4. The fourth-order valence-electron chi connectivity index (χ4n) is 1.91. The molecule has 0 saturated heterocycles. The predicted molar refractivity (Wildman–Crippen MR) is 89.8 cm³/mol. The van der Waals surface area contributed by atoms with Crippen LogP contribution in [0.15, 0.2) is 46.9 Å². The number of anilines is 1. The predicted octanol–water partition coefficient (Wildman–Crippen LogP) is 2.77. The van der Waals surface area contributed by atoms with Crippen molar-refractivity contribution >= 4 is 22.4 Å². The van der Waals surface area contributed by atoms with Gasteiger partial charge in [0.25, 0.3) is 0 Å². The maximum atomic E-state index is 5.89. The van der Waals surface area contributed by atoms with Crippen molar-refractivity contribution in [3.8, 4) is 11.4 Å².